The maximum atomic E-state index is 11.9. The van der Waals surface area contributed by atoms with Crippen molar-refractivity contribution in [3.05, 3.63) is 0 Å². The number of rotatable bonds is 3. The monoisotopic (exact) mass is 288 g/mol. The molecule has 3 atom stereocenters. The van der Waals surface area contributed by atoms with Gasteiger partial charge in [-0.1, -0.05) is 0 Å². The third kappa shape index (κ3) is 2.93. The Hall–Kier alpha value is -0.660. The van der Waals surface area contributed by atoms with Crippen molar-refractivity contribution in [1.82, 2.24) is 9.62 Å². The fourth-order valence-corrected chi connectivity index (χ4v) is 3.75. The number of carbonyl (C=O) groups excluding carboxylic acids is 1. The molecule has 0 radical (unpaired) electrons. The third-order valence-electron chi connectivity index (χ3n) is 4.20. The van der Waals surface area contributed by atoms with Crippen molar-refractivity contribution >= 4 is 15.9 Å². The normalized spacial score (nSPS) is 35.9. The van der Waals surface area contributed by atoms with Crippen molar-refractivity contribution < 1.29 is 17.9 Å². The first kappa shape index (κ1) is 13.3. The zero-order valence-electron chi connectivity index (χ0n) is 11.0. The fraction of sp³-hybridized carbons (Fsp3) is 0.917. The third-order valence-corrected chi connectivity index (χ3v) is 5.47. The van der Waals surface area contributed by atoms with E-state index in [2.05, 4.69) is 5.32 Å². The Kier molecular flexibility index (Phi) is 3.31. The van der Waals surface area contributed by atoms with E-state index in [9.17, 15) is 13.2 Å². The lowest BCUT2D eigenvalue weighted by Crippen LogP contribution is -2.45. The van der Waals surface area contributed by atoms with E-state index in [4.69, 9.17) is 4.74 Å². The van der Waals surface area contributed by atoms with Crippen LogP contribution < -0.4 is 5.32 Å². The molecule has 2 aliphatic heterocycles. The van der Waals surface area contributed by atoms with Gasteiger partial charge < -0.3 is 10.1 Å². The minimum absolute atomic E-state index is 0.0252. The lowest BCUT2D eigenvalue weighted by molar-refractivity contribution is -0.132. The molecule has 2 heterocycles. The summed E-state index contributed by atoms with van der Waals surface area (Å²) in [7, 11) is -3.16. The Morgan fingerprint density at radius 3 is 2.68 bits per heavy atom. The number of ether oxygens (including phenoxy) is 1. The average Bonchev–Trinajstić information content (AvgIpc) is 3.03. The summed E-state index contributed by atoms with van der Waals surface area (Å²) in [5.41, 5.74) is 0. The second-order valence-corrected chi connectivity index (χ2v) is 7.83. The summed E-state index contributed by atoms with van der Waals surface area (Å²) in [5, 5.41) is 2.95. The number of piperidine rings is 1. The van der Waals surface area contributed by atoms with Crippen LogP contribution in [0.15, 0.2) is 0 Å². The van der Waals surface area contributed by atoms with E-state index < -0.39 is 16.1 Å². The Bertz CT molecular complexity index is 474. The van der Waals surface area contributed by atoms with Crippen LogP contribution in [0.25, 0.3) is 0 Å². The van der Waals surface area contributed by atoms with E-state index in [1.54, 1.807) is 0 Å². The van der Waals surface area contributed by atoms with Crippen molar-refractivity contribution in [2.45, 2.75) is 43.9 Å². The van der Waals surface area contributed by atoms with Gasteiger partial charge in [0.2, 0.25) is 15.9 Å². The first-order valence-corrected chi connectivity index (χ1v) is 8.69. The summed E-state index contributed by atoms with van der Waals surface area (Å²) < 4.78 is 30.3. The number of amides is 1. The van der Waals surface area contributed by atoms with Gasteiger partial charge in [0, 0.05) is 19.1 Å². The molecular weight excluding hydrogens is 268 g/mol. The Morgan fingerprint density at radius 2 is 2.05 bits per heavy atom. The van der Waals surface area contributed by atoms with E-state index >= 15 is 0 Å². The summed E-state index contributed by atoms with van der Waals surface area (Å²) in [4.78, 5) is 11.9. The Labute approximate surface area is 113 Å². The predicted octanol–water partition coefficient (Wildman–Crippen LogP) is -0.296. The zero-order valence-corrected chi connectivity index (χ0v) is 11.9. The summed E-state index contributed by atoms with van der Waals surface area (Å²) in [6.45, 7) is 0.928. The maximum absolute atomic E-state index is 11.9. The molecule has 3 fully saturated rings. The molecule has 0 bridgehead atoms. The second-order valence-electron chi connectivity index (χ2n) is 5.85. The quantitative estimate of drug-likeness (QED) is 0.774. The van der Waals surface area contributed by atoms with Gasteiger partial charge in [-0.15, -0.1) is 0 Å². The lowest BCUT2D eigenvalue weighted by Gasteiger charge is -2.32. The molecule has 108 valence electrons. The standard InChI is InChI=1S/C12H20N2O4S/c1-19(16,17)14-5-4-8-6-10(18-11(8)7-14)12(15)13-9-2-3-9/h8-11H,2-7H2,1H3,(H,13,15)/t8-,10-,11+/m1/s1. The van der Waals surface area contributed by atoms with Gasteiger partial charge in [-0.05, 0) is 31.6 Å². The zero-order chi connectivity index (χ0) is 13.6. The fourth-order valence-electron chi connectivity index (χ4n) is 2.89. The highest BCUT2D eigenvalue weighted by Gasteiger charge is 2.44. The van der Waals surface area contributed by atoms with Crippen LogP contribution in [-0.2, 0) is 19.6 Å². The van der Waals surface area contributed by atoms with Gasteiger partial charge in [0.15, 0.2) is 0 Å². The summed E-state index contributed by atoms with van der Waals surface area (Å²) in [6, 6.07) is 0.339. The van der Waals surface area contributed by atoms with Crippen molar-refractivity contribution in [1.29, 1.82) is 0 Å². The van der Waals surface area contributed by atoms with Gasteiger partial charge >= 0.3 is 0 Å². The molecule has 3 aliphatic rings. The smallest absolute Gasteiger partial charge is 0.249 e. The summed E-state index contributed by atoms with van der Waals surface area (Å²) in [5.74, 6) is 0.288. The summed E-state index contributed by atoms with van der Waals surface area (Å²) >= 11 is 0. The second kappa shape index (κ2) is 4.71. The van der Waals surface area contributed by atoms with Crippen LogP contribution in [-0.4, -0.2) is 56.2 Å². The molecule has 1 N–H and O–H groups in total. The molecule has 1 aliphatic carbocycles. The molecule has 6 nitrogen and oxygen atoms in total. The lowest BCUT2D eigenvalue weighted by atomic mass is 9.93. The van der Waals surface area contributed by atoms with E-state index in [1.165, 1.54) is 10.6 Å². The molecule has 3 rings (SSSR count). The SMILES string of the molecule is CS(=O)(=O)N1CC[C@@H]2C[C@H](C(=O)NC3CC3)O[C@H]2C1. The van der Waals surface area contributed by atoms with Crippen molar-refractivity contribution in [3.8, 4) is 0 Å². The first-order chi connectivity index (χ1) is 8.93. The number of nitrogens with one attached hydrogen (secondary N) is 1. The van der Waals surface area contributed by atoms with E-state index in [0.717, 1.165) is 25.7 Å². The van der Waals surface area contributed by atoms with Crippen LogP contribution >= 0.6 is 0 Å². The molecule has 19 heavy (non-hydrogen) atoms. The summed E-state index contributed by atoms with van der Waals surface area (Å²) in [6.07, 6.45) is 4.33. The molecule has 7 heteroatoms. The van der Waals surface area contributed by atoms with Gasteiger partial charge in [0.05, 0.1) is 12.4 Å². The van der Waals surface area contributed by atoms with Crippen LogP contribution in [0, 0.1) is 5.92 Å². The molecule has 0 unspecified atom stereocenters. The first-order valence-electron chi connectivity index (χ1n) is 6.84. The van der Waals surface area contributed by atoms with Crippen molar-refractivity contribution in [2.24, 2.45) is 5.92 Å². The van der Waals surface area contributed by atoms with Crippen LogP contribution in [0.5, 0.6) is 0 Å². The number of carbonyl (C=O) groups is 1. The molecule has 2 saturated heterocycles. The minimum atomic E-state index is -3.16. The highest BCUT2D eigenvalue weighted by atomic mass is 32.2. The molecule has 0 aromatic rings. The Morgan fingerprint density at radius 1 is 1.32 bits per heavy atom. The average molecular weight is 288 g/mol. The highest BCUT2D eigenvalue weighted by Crippen LogP contribution is 2.34. The van der Waals surface area contributed by atoms with E-state index in [0.29, 0.717) is 25.0 Å². The number of hydrogen-bond acceptors (Lipinski definition) is 4. The van der Waals surface area contributed by atoms with Crippen LogP contribution in [0.3, 0.4) is 0 Å². The molecule has 0 aromatic heterocycles. The van der Waals surface area contributed by atoms with Crippen LogP contribution in [0.4, 0.5) is 0 Å². The molecule has 0 aromatic carbocycles. The molecular formula is C12H20N2O4S. The number of fused-ring (bicyclic) bond motifs is 1. The predicted molar refractivity (Wildman–Crippen MR) is 69.0 cm³/mol. The van der Waals surface area contributed by atoms with Crippen molar-refractivity contribution in [2.75, 3.05) is 19.3 Å². The van der Waals surface area contributed by atoms with Gasteiger partial charge in [0.25, 0.3) is 0 Å². The largest absolute Gasteiger partial charge is 0.363 e. The van der Waals surface area contributed by atoms with Gasteiger partial charge in [-0.3, -0.25) is 4.79 Å². The van der Waals surface area contributed by atoms with Crippen LogP contribution in [0.1, 0.15) is 25.7 Å². The van der Waals surface area contributed by atoms with Gasteiger partial charge in [-0.25, -0.2) is 8.42 Å². The molecule has 0 spiro atoms. The molecule has 1 amide bonds. The number of nitrogens with zero attached hydrogens (tertiary/aromatic N) is 1. The van der Waals surface area contributed by atoms with E-state index in [-0.39, 0.29) is 12.0 Å². The van der Waals surface area contributed by atoms with Crippen LogP contribution in [0.2, 0.25) is 0 Å². The minimum Gasteiger partial charge on any atom is -0.363 e. The number of sulfonamides is 1. The highest BCUT2D eigenvalue weighted by molar-refractivity contribution is 7.88. The Balaban J connectivity index is 1.59. The topological polar surface area (TPSA) is 75.7 Å². The van der Waals surface area contributed by atoms with Crippen molar-refractivity contribution in [3.63, 3.8) is 0 Å². The van der Waals surface area contributed by atoms with Gasteiger partial charge in [-0.2, -0.15) is 4.31 Å². The maximum Gasteiger partial charge on any atom is 0.249 e. The van der Waals surface area contributed by atoms with E-state index in [1.807, 2.05) is 0 Å². The number of hydrogen-bond donors (Lipinski definition) is 1. The molecule has 1 saturated carbocycles. The van der Waals surface area contributed by atoms with Gasteiger partial charge in [0.1, 0.15) is 6.10 Å².